The monoisotopic (exact) mass is 359 g/mol. The molecule has 0 aliphatic carbocycles. The van der Waals surface area contributed by atoms with E-state index >= 15 is 0 Å². The first-order valence-corrected chi connectivity index (χ1v) is 9.61. The molecule has 0 spiro atoms. The van der Waals surface area contributed by atoms with Crippen molar-refractivity contribution in [3.63, 3.8) is 0 Å². The lowest BCUT2D eigenvalue weighted by Gasteiger charge is -2.60. The summed E-state index contributed by atoms with van der Waals surface area (Å²) in [5.74, 6) is 0. The summed E-state index contributed by atoms with van der Waals surface area (Å²) >= 11 is 0. The van der Waals surface area contributed by atoms with Gasteiger partial charge in [-0.25, -0.2) is 0 Å². The maximum Gasteiger partial charge on any atom is 0.0802 e. The molecule has 4 aliphatic heterocycles. The fourth-order valence-electron chi connectivity index (χ4n) is 4.81. The fraction of sp³-hybridized carbons (Fsp3) is 0.364. The summed E-state index contributed by atoms with van der Waals surface area (Å²) in [4.78, 5) is 7.58. The van der Waals surface area contributed by atoms with Gasteiger partial charge in [-0.3, -0.25) is 14.7 Å². The quantitative estimate of drug-likeness (QED) is 0.622. The molecule has 4 heterocycles. The zero-order valence-electron chi connectivity index (χ0n) is 15.8. The molecule has 138 valence electrons. The molecule has 0 atom stereocenters. The second-order valence-electron chi connectivity index (χ2n) is 8.16. The van der Waals surface area contributed by atoms with Gasteiger partial charge in [0.2, 0.25) is 0 Å². The van der Waals surface area contributed by atoms with Crippen LogP contribution in [0.3, 0.4) is 0 Å². The maximum absolute atomic E-state index is 4.81. The lowest BCUT2D eigenvalue weighted by Crippen LogP contribution is -2.74. The number of hydrogen-bond acceptors (Lipinski definition) is 5. The SMILES string of the molecule is Cc1ccc(/C=N\N=C(\c2ccccc2)C23CN4CN(CN(C4)C2)C3)cc1. The lowest BCUT2D eigenvalue weighted by molar-refractivity contribution is -0.149. The molecule has 4 fully saturated rings. The average Bonchev–Trinajstić information content (AvgIpc) is 2.66. The van der Waals surface area contributed by atoms with E-state index in [0.29, 0.717) is 0 Å². The van der Waals surface area contributed by atoms with Gasteiger partial charge >= 0.3 is 0 Å². The molecule has 0 aromatic heterocycles. The zero-order chi connectivity index (χ0) is 18.3. The van der Waals surface area contributed by atoms with Gasteiger partial charge in [-0.2, -0.15) is 10.2 Å². The van der Waals surface area contributed by atoms with Crippen molar-refractivity contribution < 1.29 is 0 Å². The molecule has 0 saturated carbocycles. The van der Waals surface area contributed by atoms with Gasteiger partial charge in [0.15, 0.2) is 0 Å². The number of benzene rings is 2. The van der Waals surface area contributed by atoms with E-state index in [0.717, 1.165) is 50.9 Å². The highest BCUT2D eigenvalue weighted by atomic mass is 15.5. The van der Waals surface area contributed by atoms with Crippen molar-refractivity contribution in [3.05, 3.63) is 71.3 Å². The number of rotatable bonds is 4. The Hall–Kier alpha value is -2.34. The molecule has 5 nitrogen and oxygen atoms in total. The van der Waals surface area contributed by atoms with Crippen LogP contribution in [-0.4, -0.2) is 66.3 Å². The Morgan fingerprint density at radius 2 is 1.44 bits per heavy atom. The van der Waals surface area contributed by atoms with E-state index in [-0.39, 0.29) is 5.41 Å². The van der Waals surface area contributed by atoms with Gasteiger partial charge < -0.3 is 0 Å². The van der Waals surface area contributed by atoms with E-state index in [2.05, 4.69) is 81.3 Å². The van der Waals surface area contributed by atoms with Crippen LogP contribution in [0.2, 0.25) is 0 Å². The first kappa shape index (κ1) is 16.8. The Morgan fingerprint density at radius 1 is 0.852 bits per heavy atom. The molecule has 4 aliphatic rings. The summed E-state index contributed by atoms with van der Waals surface area (Å²) < 4.78 is 0. The molecule has 6 rings (SSSR count). The van der Waals surface area contributed by atoms with Gasteiger partial charge in [-0.1, -0.05) is 60.2 Å². The van der Waals surface area contributed by atoms with Crippen LogP contribution in [0.4, 0.5) is 0 Å². The van der Waals surface area contributed by atoms with Crippen LogP contribution in [0.15, 0.2) is 64.8 Å². The minimum Gasteiger partial charge on any atom is -0.276 e. The smallest absolute Gasteiger partial charge is 0.0802 e. The minimum absolute atomic E-state index is 0.0285. The summed E-state index contributed by atoms with van der Waals surface area (Å²) in [6.07, 6.45) is 1.86. The van der Waals surface area contributed by atoms with Gasteiger partial charge in [0.1, 0.15) is 0 Å². The van der Waals surface area contributed by atoms with E-state index in [1.165, 1.54) is 11.1 Å². The second-order valence-corrected chi connectivity index (χ2v) is 8.16. The summed E-state index contributed by atoms with van der Waals surface area (Å²) in [6, 6.07) is 19.0. The number of nitrogens with zero attached hydrogens (tertiary/aromatic N) is 5. The van der Waals surface area contributed by atoms with Crippen molar-refractivity contribution in [3.8, 4) is 0 Å². The van der Waals surface area contributed by atoms with Crippen molar-refractivity contribution in [2.75, 3.05) is 39.6 Å². The highest BCUT2D eigenvalue weighted by molar-refractivity contribution is 6.05. The molecular formula is C22H25N5. The zero-order valence-corrected chi connectivity index (χ0v) is 15.8. The molecule has 0 radical (unpaired) electrons. The van der Waals surface area contributed by atoms with Crippen LogP contribution in [0.1, 0.15) is 16.7 Å². The van der Waals surface area contributed by atoms with Gasteiger partial charge in [0.05, 0.1) is 37.3 Å². The molecule has 0 unspecified atom stereocenters. The first-order valence-electron chi connectivity index (χ1n) is 9.61. The second kappa shape index (κ2) is 6.68. The van der Waals surface area contributed by atoms with E-state index in [1.807, 2.05) is 6.21 Å². The summed E-state index contributed by atoms with van der Waals surface area (Å²) in [5.41, 5.74) is 4.67. The Balaban J connectivity index is 1.51. The molecule has 27 heavy (non-hydrogen) atoms. The molecule has 5 heteroatoms. The molecule has 2 aromatic carbocycles. The van der Waals surface area contributed by atoms with E-state index in [4.69, 9.17) is 5.10 Å². The molecule has 0 amide bonds. The summed E-state index contributed by atoms with van der Waals surface area (Å²) in [7, 11) is 0. The Morgan fingerprint density at radius 3 is 2.04 bits per heavy atom. The van der Waals surface area contributed by atoms with E-state index < -0.39 is 0 Å². The van der Waals surface area contributed by atoms with Crippen LogP contribution >= 0.6 is 0 Å². The van der Waals surface area contributed by atoms with Crippen LogP contribution in [0, 0.1) is 12.3 Å². The predicted molar refractivity (Wildman–Crippen MR) is 109 cm³/mol. The molecule has 4 saturated heterocycles. The normalized spacial score (nSPS) is 32.3. The van der Waals surface area contributed by atoms with Gasteiger partial charge in [0.25, 0.3) is 0 Å². The Bertz CT molecular complexity index is 834. The first-order chi connectivity index (χ1) is 13.2. The maximum atomic E-state index is 4.81. The van der Waals surface area contributed by atoms with Crippen molar-refractivity contribution in [1.29, 1.82) is 0 Å². The van der Waals surface area contributed by atoms with Crippen molar-refractivity contribution >= 4 is 11.9 Å². The molecular weight excluding hydrogens is 334 g/mol. The standard InChI is InChI=1S/C22H25N5/c1-18-7-9-19(10-8-18)11-23-24-21(20-5-3-2-4-6-20)22-12-25-15-26(13-22)17-27(14-22)16-25/h2-11H,12-17H2,1H3/b23-11-,24-21-. The third-order valence-electron chi connectivity index (χ3n) is 5.77. The highest BCUT2D eigenvalue weighted by Crippen LogP contribution is 2.38. The van der Waals surface area contributed by atoms with Crippen molar-refractivity contribution in [2.24, 2.45) is 15.6 Å². The Kier molecular flexibility index (Phi) is 4.16. The van der Waals surface area contributed by atoms with E-state index in [1.54, 1.807) is 0 Å². The topological polar surface area (TPSA) is 34.4 Å². The van der Waals surface area contributed by atoms with Crippen LogP contribution in [0.5, 0.6) is 0 Å². The molecule has 2 aromatic rings. The third-order valence-corrected chi connectivity index (χ3v) is 5.77. The van der Waals surface area contributed by atoms with Crippen LogP contribution in [-0.2, 0) is 0 Å². The number of aryl methyl sites for hydroxylation is 1. The average molecular weight is 359 g/mol. The summed E-state index contributed by atoms with van der Waals surface area (Å²) in [6.45, 7) is 8.52. The van der Waals surface area contributed by atoms with Crippen molar-refractivity contribution in [1.82, 2.24) is 14.7 Å². The van der Waals surface area contributed by atoms with Crippen molar-refractivity contribution in [2.45, 2.75) is 6.92 Å². The van der Waals surface area contributed by atoms with Crippen LogP contribution < -0.4 is 0 Å². The fourth-order valence-corrected chi connectivity index (χ4v) is 4.81. The van der Waals surface area contributed by atoms with E-state index in [9.17, 15) is 0 Å². The van der Waals surface area contributed by atoms with Gasteiger partial charge in [-0.05, 0) is 18.1 Å². The number of hydrogen-bond donors (Lipinski definition) is 0. The molecule has 0 N–H and O–H groups in total. The van der Waals surface area contributed by atoms with Crippen LogP contribution in [0.25, 0.3) is 0 Å². The minimum atomic E-state index is 0.0285. The predicted octanol–water partition coefficient (Wildman–Crippen LogP) is 2.62. The Labute approximate surface area is 160 Å². The lowest BCUT2D eigenvalue weighted by atomic mass is 9.74. The molecule has 4 bridgehead atoms. The highest BCUT2D eigenvalue weighted by Gasteiger charge is 2.51. The largest absolute Gasteiger partial charge is 0.276 e. The van der Waals surface area contributed by atoms with Gasteiger partial charge in [0, 0.05) is 19.6 Å². The van der Waals surface area contributed by atoms with Gasteiger partial charge in [-0.15, -0.1) is 0 Å². The third kappa shape index (κ3) is 3.23. The summed E-state index contributed by atoms with van der Waals surface area (Å²) in [5, 5.41) is 9.32.